The molecule has 4 amide bonds. The minimum absolute atomic E-state index is 0.278. The molecule has 192 valence electrons. The van der Waals surface area contributed by atoms with Crippen molar-refractivity contribution in [1.29, 1.82) is 0 Å². The average molecular weight is 514 g/mol. The third-order valence-corrected chi connectivity index (χ3v) is 8.10. The largest absolute Gasteiger partial charge is 0.465 e. The molecule has 1 saturated carbocycles. The number of carbonyl (C=O) groups is 6. The van der Waals surface area contributed by atoms with E-state index in [9.17, 15) is 28.8 Å². The molecular weight excluding hydrogens is 492 g/mol. The fourth-order valence-corrected chi connectivity index (χ4v) is 6.46. The number of nitrogens with zero attached hydrogens (tertiary/aromatic N) is 2. The number of ether oxygens (including phenoxy) is 2. The lowest BCUT2D eigenvalue weighted by molar-refractivity contribution is -0.137. The van der Waals surface area contributed by atoms with Crippen molar-refractivity contribution in [3.05, 3.63) is 71.8 Å². The van der Waals surface area contributed by atoms with Gasteiger partial charge in [-0.15, -0.1) is 0 Å². The van der Waals surface area contributed by atoms with Crippen LogP contribution in [0.4, 0.5) is 11.4 Å². The summed E-state index contributed by atoms with van der Waals surface area (Å²) >= 11 is 0. The zero-order chi connectivity index (χ0) is 26.9. The zero-order valence-corrected chi connectivity index (χ0v) is 20.4. The monoisotopic (exact) mass is 514 g/mol. The lowest BCUT2D eigenvalue weighted by Crippen LogP contribution is -2.50. The van der Waals surface area contributed by atoms with Crippen molar-refractivity contribution < 1.29 is 38.2 Å². The molecule has 0 radical (unpaired) electrons. The van der Waals surface area contributed by atoms with E-state index in [-0.39, 0.29) is 11.1 Å². The zero-order valence-electron chi connectivity index (χ0n) is 20.4. The van der Waals surface area contributed by atoms with Gasteiger partial charge in [0, 0.05) is 11.8 Å². The van der Waals surface area contributed by atoms with E-state index in [0.29, 0.717) is 11.4 Å². The third kappa shape index (κ3) is 3.12. The van der Waals surface area contributed by atoms with Gasteiger partial charge in [-0.25, -0.2) is 9.59 Å². The minimum atomic E-state index is -0.766. The maximum Gasteiger partial charge on any atom is 0.337 e. The van der Waals surface area contributed by atoms with Crippen molar-refractivity contribution in [2.75, 3.05) is 24.0 Å². The summed E-state index contributed by atoms with van der Waals surface area (Å²) in [5.74, 6) is -7.07. The molecule has 2 heterocycles. The number of imide groups is 2. The van der Waals surface area contributed by atoms with Gasteiger partial charge in [0.25, 0.3) is 0 Å². The Morgan fingerprint density at radius 2 is 0.842 bits per heavy atom. The molecule has 3 fully saturated rings. The van der Waals surface area contributed by atoms with Crippen molar-refractivity contribution in [3.63, 3.8) is 0 Å². The normalized spacial score (nSPS) is 29.0. The van der Waals surface area contributed by atoms with Gasteiger partial charge >= 0.3 is 11.9 Å². The molecule has 2 bridgehead atoms. The number of benzene rings is 2. The van der Waals surface area contributed by atoms with Gasteiger partial charge < -0.3 is 9.47 Å². The summed E-state index contributed by atoms with van der Waals surface area (Å²) in [5, 5.41) is 0. The molecule has 10 nitrogen and oxygen atoms in total. The van der Waals surface area contributed by atoms with E-state index in [0.717, 1.165) is 9.80 Å². The molecule has 5 aliphatic rings. The summed E-state index contributed by atoms with van der Waals surface area (Å²) in [6.07, 6.45) is 3.58. The van der Waals surface area contributed by atoms with Crippen LogP contribution in [0.25, 0.3) is 0 Å². The highest BCUT2D eigenvalue weighted by molar-refractivity contribution is 6.26. The van der Waals surface area contributed by atoms with Gasteiger partial charge in [-0.05, 0) is 48.5 Å². The smallest absolute Gasteiger partial charge is 0.337 e. The fraction of sp³-hybridized carbons (Fsp3) is 0.286. The summed E-state index contributed by atoms with van der Waals surface area (Å²) in [7, 11) is 2.52. The molecule has 10 heteroatoms. The maximum atomic E-state index is 13.6. The Balaban J connectivity index is 1.31. The number of hydrogen-bond donors (Lipinski definition) is 0. The van der Waals surface area contributed by atoms with Crippen molar-refractivity contribution in [3.8, 4) is 0 Å². The number of rotatable bonds is 4. The first-order valence-corrected chi connectivity index (χ1v) is 12.1. The number of anilines is 2. The van der Waals surface area contributed by atoms with Crippen molar-refractivity contribution in [2.24, 2.45) is 35.5 Å². The Kier molecular flexibility index (Phi) is 5.30. The van der Waals surface area contributed by atoms with Gasteiger partial charge in [0.1, 0.15) is 0 Å². The van der Waals surface area contributed by atoms with Gasteiger partial charge in [-0.3, -0.25) is 29.0 Å². The topological polar surface area (TPSA) is 127 Å². The van der Waals surface area contributed by atoms with Gasteiger partial charge in [0.2, 0.25) is 23.6 Å². The standard InChI is InChI=1S/C28H22N2O8/c1-37-27(35)13-3-7-15(8-4-13)29-23(31)19-17-11-12-18(20(19)24(29)32)22-21(17)25(33)30(26(22)34)16-9-5-14(6-10-16)28(36)38-2/h3-12,17-22H,1-2H3/t17?,18?,19-,20+,21-,22+. The predicted molar refractivity (Wildman–Crippen MR) is 131 cm³/mol. The Morgan fingerprint density at radius 1 is 0.553 bits per heavy atom. The Hall–Kier alpha value is -4.60. The van der Waals surface area contributed by atoms with Crippen molar-refractivity contribution in [1.82, 2.24) is 0 Å². The van der Waals surface area contributed by atoms with Crippen LogP contribution in [0.1, 0.15) is 20.7 Å². The van der Waals surface area contributed by atoms with Gasteiger partial charge in [-0.1, -0.05) is 12.2 Å². The van der Waals surface area contributed by atoms with Crippen LogP contribution in [0.5, 0.6) is 0 Å². The number of allylic oxidation sites excluding steroid dienone is 2. The van der Waals surface area contributed by atoms with Crippen LogP contribution in [0.15, 0.2) is 60.7 Å². The molecule has 3 aliphatic carbocycles. The molecule has 7 rings (SSSR count). The summed E-state index contributed by atoms with van der Waals surface area (Å²) in [5.41, 5.74) is 1.19. The second-order valence-electron chi connectivity index (χ2n) is 9.74. The number of hydrogen-bond acceptors (Lipinski definition) is 8. The predicted octanol–water partition coefficient (Wildman–Crippen LogP) is 1.99. The van der Waals surface area contributed by atoms with Crippen LogP contribution in [0, 0.1) is 35.5 Å². The van der Waals surface area contributed by atoms with E-state index in [1.165, 1.54) is 62.8 Å². The van der Waals surface area contributed by atoms with Gasteiger partial charge in [-0.2, -0.15) is 0 Å². The summed E-state index contributed by atoms with van der Waals surface area (Å²) in [4.78, 5) is 80.1. The Labute approximate surface area is 216 Å². The lowest BCUT2D eigenvalue weighted by Gasteiger charge is -2.44. The maximum absolute atomic E-state index is 13.6. The quantitative estimate of drug-likeness (QED) is 0.344. The summed E-state index contributed by atoms with van der Waals surface area (Å²) in [6.45, 7) is 0. The first-order valence-electron chi connectivity index (χ1n) is 12.1. The molecule has 2 aromatic carbocycles. The van der Waals surface area contributed by atoms with E-state index in [2.05, 4.69) is 0 Å². The molecule has 0 spiro atoms. The van der Waals surface area contributed by atoms with E-state index in [1.807, 2.05) is 0 Å². The molecule has 2 aromatic rings. The fourth-order valence-electron chi connectivity index (χ4n) is 6.46. The highest BCUT2D eigenvalue weighted by Gasteiger charge is 2.68. The molecule has 2 saturated heterocycles. The first-order chi connectivity index (χ1) is 18.3. The lowest BCUT2D eigenvalue weighted by atomic mass is 9.54. The second kappa shape index (κ2) is 8.47. The Morgan fingerprint density at radius 3 is 1.11 bits per heavy atom. The average Bonchev–Trinajstić information content (AvgIpc) is 3.39. The summed E-state index contributed by atoms with van der Waals surface area (Å²) < 4.78 is 9.40. The van der Waals surface area contributed by atoms with Crippen LogP contribution in [0.3, 0.4) is 0 Å². The number of carbonyl (C=O) groups excluding carboxylic acids is 6. The molecule has 4 atom stereocenters. The number of amides is 4. The Bertz CT molecular complexity index is 1290. The third-order valence-electron chi connectivity index (χ3n) is 8.10. The second-order valence-corrected chi connectivity index (χ2v) is 9.74. The van der Waals surface area contributed by atoms with E-state index in [1.54, 1.807) is 12.2 Å². The van der Waals surface area contributed by atoms with Crippen molar-refractivity contribution in [2.45, 2.75) is 0 Å². The number of esters is 2. The first kappa shape index (κ1) is 23.8. The van der Waals surface area contributed by atoms with Crippen LogP contribution in [-0.4, -0.2) is 49.8 Å². The number of methoxy groups -OCH3 is 2. The van der Waals surface area contributed by atoms with Crippen LogP contribution in [-0.2, 0) is 28.7 Å². The van der Waals surface area contributed by atoms with E-state index >= 15 is 0 Å². The van der Waals surface area contributed by atoms with Crippen LogP contribution < -0.4 is 9.80 Å². The van der Waals surface area contributed by atoms with E-state index < -0.39 is 71.1 Å². The highest BCUT2D eigenvalue weighted by atomic mass is 16.5. The van der Waals surface area contributed by atoms with Gasteiger partial charge in [0.15, 0.2) is 0 Å². The molecule has 38 heavy (non-hydrogen) atoms. The van der Waals surface area contributed by atoms with Crippen LogP contribution >= 0.6 is 0 Å². The molecule has 0 aromatic heterocycles. The SMILES string of the molecule is COC(=O)c1ccc(N2C(=O)[C@@H]3C4C=CC([C@@H]3C2=O)[C@@H]2C(=O)N(c3ccc(C(=O)OC)cc3)C(=O)[C@H]42)cc1. The van der Waals surface area contributed by atoms with E-state index in [4.69, 9.17) is 9.47 Å². The minimum Gasteiger partial charge on any atom is -0.465 e. The van der Waals surface area contributed by atoms with Crippen LogP contribution in [0.2, 0.25) is 0 Å². The summed E-state index contributed by atoms with van der Waals surface area (Å²) in [6, 6.07) is 11.9. The van der Waals surface area contributed by atoms with Crippen molar-refractivity contribution >= 4 is 46.9 Å². The molecular formula is C28H22N2O8. The van der Waals surface area contributed by atoms with Gasteiger partial charge in [0.05, 0.1) is 60.4 Å². The molecule has 0 N–H and O–H groups in total. The molecule has 2 aliphatic heterocycles. The highest BCUT2D eigenvalue weighted by Crippen LogP contribution is 2.58. The molecule has 0 unspecified atom stereocenters.